The van der Waals surface area contributed by atoms with Gasteiger partial charge in [0, 0.05) is 12.1 Å². The van der Waals surface area contributed by atoms with Gasteiger partial charge >= 0.3 is 0 Å². The van der Waals surface area contributed by atoms with Crippen LogP contribution in [0.1, 0.15) is 56.6 Å². The molecule has 0 radical (unpaired) electrons. The summed E-state index contributed by atoms with van der Waals surface area (Å²) in [6, 6.07) is 13.5. The average Bonchev–Trinajstić information content (AvgIpc) is 2.68. The van der Waals surface area contributed by atoms with Crippen molar-refractivity contribution in [1.29, 1.82) is 5.26 Å². The Hall–Kier alpha value is -1.33. The van der Waals surface area contributed by atoms with E-state index in [0.717, 1.165) is 0 Å². The lowest BCUT2D eigenvalue weighted by Crippen LogP contribution is -2.32. The lowest BCUT2D eigenvalue weighted by atomic mass is 10.0. The van der Waals surface area contributed by atoms with Crippen molar-refractivity contribution < 1.29 is 0 Å². The summed E-state index contributed by atoms with van der Waals surface area (Å²) < 4.78 is 0. The predicted molar refractivity (Wildman–Crippen MR) is 74.0 cm³/mol. The first kappa shape index (κ1) is 13.1. The molecule has 0 heterocycles. The third kappa shape index (κ3) is 3.85. The van der Waals surface area contributed by atoms with E-state index in [9.17, 15) is 0 Å². The molecule has 2 rings (SSSR count). The van der Waals surface area contributed by atoms with Gasteiger partial charge in [-0.05, 0) is 18.4 Å². The van der Waals surface area contributed by atoms with Crippen LogP contribution >= 0.6 is 0 Å². The SMILES string of the molecule is N#CCC(NC1CCCCCC1)c1ccccc1. The fourth-order valence-corrected chi connectivity index (χ4v) is 2.78. The van der Waals surface area contributed by atoms with E-state index < -0.39 is 0 Å². The minimum absolute atomic E-state index is 0.194. The molecule has 0 saturated heterocycles. The first-order valence-corrected chi connectivity index (χ1v) is 7.08. The highest BCUT2D eigenvalue weighted by Crippen LogP contribution is 2.22. The Morgan fingerprint density at radius 3 is 2.39 bits per heavy atom. The number of rotatable bonds is 4. The van der Waals surface area contributed by atoms with Crippen LogP contribution in [0.3, 0.4) is 0 Å². The molecular formula is C16H22N2. The molecule has 0 aliphatic heterocycles. The standard InChI is InChI=1S/C16H22N2/c17-13-12-16(14-8-4-3-5-9-14)18-15-10-6-1-2-7-11-15/h3-5,8-9,15-16,18H,1-2,6-7,10-12H2. The van der Waals surface area contributed by atoms with E-state index in [0.29, 0.717) is 12.5 Å². The number of benzene rings is 1. The molecule has 0 amide bonds. The number of hydrogen-bond acceptors (Lipinski definition) is 2. The Labute approximate surface area is 110 Å². The van der Waals surface area contributed by atoms with Gasteiger partial charge in [0.1, 0.15) is 0 Å². The first-order chi connectivity index (χ1) is 8.90. The van der Waals surface area contributed by atoms with Crippen LogP contribution in [0.5, 0.6) is 0 Å². The van der Waals surface area contributed by atoms with Crippen molar-refractivity contribution in [1.82, 2.24) is 5.32 Å². The number of nitrogens with one attached hydrogen (secondary N) is 1. The van der Waals surface area contributed by atoms with E-state index in [1.807, 2.05) is 6.07 Å². The molecule has 1 aromatic carbocycles. The molecule has 1 aromatic rings. The molecule has 0 bridgehead atoms. The van der Waals surface area contributed by atoms with Gasteiger partial charge in [-0.25, -0.2) is 0 Å². The molecule has 0 aromatic heterocycles. The number of nitrogens with zero attached hydrogens (tertiary/aromatic N) is 1. The molecule has 1 fully saturated rings. The van der Waals surface area contributed by atoms with Gasteiger partial charge in [0.25, 0.3) is 0 Å². The maximum absolute atomic E-state index is 8.99. The quantitative estimate of drug-likeness (QED) is 0.811. The molecule has 18 heavy (non-hydrogen) atoms. The minimum Gasteiger partial charge on any atom is -0.306 e. The molecule has 2 heteroatoms. The van der Waals surface area contributed by atoms with E-state index in [4.69, 9.17) is 5.26 Å². The van der Waals surface area contributed by atoms with Crippen molar-refractivity contribution in [2.75, 3.05) is 0 Å². The summed E-state index contributed by atoms with van der Waals surface area (Å²) in [5, 5.41) is 12.7. The summed E-state index contributed by atoms with van der Waals surface area (Å²) in [5.74, 6) is 0. The highest BCUT2D eigenvalue weighted by molar-refractivity contribution is 5.20. The summed E-state index contributed by atoms with van der Waals surface area (Å²) in [4.78, 5) is 0. The van der Waals surface area contributed by atoms with Crippen LogP contribution < -0.4 is 5.32 Å². The van der Waals surface area contributed by atoms with Gasteiger partial charge in [-0.3, -0.25) is 0 Å². The Morgan fingerprint density at radius 2 is 1.78 bits per heavy atom. The van der Waals surface area contributed by atoms with Crippen molar-refractivity contribution in [3.63, 3.8) is 0 Å². The molecule has 0 spiro atoms. The normalized spacial score (nSPS) is 18.8. The maximum Gasteiger partial charge on any atom is 0.0641 e. The summed E-state index contributed by atoms with van der Waals surface area (Å²) in [6.07, 6.45) is 8.46. The molecule has 1 saturated carbocycles. The van der Waals surface area contributed by atoms with Gasteiger partial charge in [0.2, 0.25) is 0 Å². The predicted octanol–water partition coefficient (Wildman–Crippen LogP) is 3.95. The van der Waals surface area contributed by atoms with Crippen LogP contribution in [0, 0.1) is 11.3 Å². The average molecular weight is 242 g/mol. The Morgan fingerprint density at radius 1 is 1.11 bits per heavy atom. The van der Waals surface area contributed by atoms with Crippen molar-refractivity contribution in [3.8, 4) is 6.07 Å². The fourth-order valence-electron chi connectivity index (χ4n) is 2.78. The Balaban J connectivity index is 1.99. The van der Waals surface area contributed by atoms with E-state index in [2.05, 4.69) is 35.7 Å². The molecule has 1 atom stereocenters. The lowest BCUT2D eigenvalue weighted by molar-refractivity contribution is 0.401. The summed E-state index contributed by atoms with van der Waals surface area (Å²) in [5.41, 5.74) is 1.24. The minimum atomic E-state index is 0.194. The van der Waals surface area contributed by atoms with Crippen molar-refractivity contribution in [3.05, 3.63) is 35.9 Å². The highest BCUT2D eigenvalue weighted by atomic mass is 14.9. The zero-order valence-electron chi connectivity index (χ0n) is 10.9. The zero-order chi connectivity index (χ0) is 12.6. The summed E-state index contributed by atoms with van der Waals surface area (Å²) in [6.45, 7) is 0. The Bertz CT molecular complexity index is 372. The second-order valence-corrected chi connectivity index (χ2v) is 5.18. The van der Waals surface area contributed by atoms with Crippen molar-refractivity contribution in [2.45, 2.75) is 57.0 Å². The number of nitriles is 1. The molecule has 1 aliphatic carbocycles. The van der Waals surface area contributed by atoms with Crippen LogP contribution in [-0.2, 0) is 0 Å². The monoisotopic (exact) mass is 242 g/mol. The molecule has 1 N–H and O–H groups in total. The molecule has 1 unspecified atom stereocenters. The second-order valence-electron chi connectivity index (χ2n) is 5.18. The van der Waals surface area contributed by atoms with Gasteiger partial charge in [-0.1, -0.05) is 56.0 Å². The molecular weight excluding hydrogens is 220 g/mol. The molecule has 2 nitrogen and oxygen atoms in total. The van der Waals surface area contributed by atoms with Crippen LogP contribution in [0.15, 0.2) is 30.3 Å². The topological polar surface area (TPSA) is 35.8 Å². The van der Waals surface area contributed by atoms with Gasteiger partial charge in [-0.15, -0.1) is 0 Å². The molecule has 96 valence electrons. The van der Waals surface area contributed by atoms with Crippen LogP contribution in [0.25, 0.3) is 0 Å². The third-order valence-corrected chi connectivity index (χ3v) is 3.79. The van der Waals surface area contributed by atoms with E-state index in [-0.39, 0.29) is 6.04 Å². The zero-order valence-corrected chi connectivity index (χ0v) is 10.9. The van der Waals surface area contributed by atoms with Crippen molar-refractivity contribution in [2.24, 2.45) is 0 Å². The lowest BCUT2D eigenvalue weighted by Gasteiger charge is -2.23. The first-order valence-electron chi connectivity index (χ1n) is 7.08. The van der Waals surface area contributed by atoms with Crippen LogP contribution in [-0.4, -0.2) is 6.04 Å². The van der Waals surface area contributed by atoms with E-state index in [1.165, 1.54) is 44.1 Å². The summed E-state index contributed by atoms with van der Waals surface area (Å²) >= 11 is 0. The van der Waals surface area contributed by atoms with Gasteiger partial charge < -0.3 is 5.32 Å². The van der Waals surface area contributed by atoms with E-state index >= 15 is 0 Å². The maximum atomic E-state index is 8.99. The smallest absolute Gasteiger partial charge is 0.0641 e. The van der Waals surface area contributed by atoms with Gasteiger partial charge in [-0.2, -0.15) is 5.26 Å². The van der Waals surface area contributed by atoms with Gasteiger partial charge in [0.05, 0.1) is 12.5 Å². The van der Waals surface area contributed by atoms with Crippen LogP contribution in [0.4, 0.5) is 0 Å². The number of hydrogen-bond donors (Lipinski definition) is 1. The van der Waals surface area contributed by atoms with Gasteiger partial charge in [0.15, 0.2) is 0 Å². The summed E-state index contributed by atoms with van der Waals surface area (Å²) in [7, 11) is 0. The van der Waals surface area contributed by atoms with Crippen LogP contribution in [0.2, 0.25) is 0 Å². The fraction of sp³-hybridized carbons (Fsp3) is 0.562. The third-order valence-electron chi connectivity index (χ3n) is 3.79. The van der Waals surface area contributed by atoms with Crippen molar-refractivity contribution >= 4 is 0 Å². The Kier molecular flexibility index (Phi) is 5.23. The largest absolute Gasteiger partial charge is 0.306 e. The molecule has 1 aliphatic rings. The highest BCUT2D eigenvalue weighted by Gasteiger charge is 2.17. The van der Waals surface area contributed by atoms with E-state index in [1.54, 1.807) is 0 Å². The second kappa shape index (κ2) is 7.18.